The van der Waals surface area contributed by atoms with Crippen LogP contribution in [-0.4, -0.2) is 11.5 Å². The van der Waals surface area contributed by atoms with Gasteiger partial charge in [0, 0.05) is 4.47 Å². The predicted molar refractivity (Wildman–Crippen MR) is 66.7 cm³/mol. The van der Waals surface area contributed by atoms with Crippen LogP contribution in [0.1, 0.15) is 26.7 Å². The highest BCUT2D eigenvalue weighted by molar-refractivity contribution is 9.10. The molecule has 0 aromatic heterocycles. The number of amides is 1. The van der Waals surface area contributed by atoms with Crippen molar-refractivity contribution in [2.75, 3.05) is 5.32 Å². The van der Waals surface area contributed by atoms with E-state index in [0.29, 0.717) is 23.0 Å². The Kier molecular flexibility index (Phi) is 3.12. The second-order valence-electron chi connectivity index (χ2n) is 4.02. The van der Waals surface area contributed by atoms with Crippen molar-refractivity contribution in [3.05, 3.63) is 22.4 Å². The molecule has 1 heterocycles. The fourth-order valence-corrected chi connectivity index (χ4v) is 2.38. The van der Waals surface area contributed by atoms with Crippen LogP contribution in [0.25, 0.3) is 0 Å². The van der Waals surface area contributed by atoms with E-state index >= 15 is 0 Å². The van der Waals surface area contributed by atoms with Crippen LogP contribution in [-0.2, 0) is 4.79 Å². The van der Waals surface area contributed by atoms with E-state index in [9.17, 15) is 9.18 Å². The Morgan fingerprint density at radius 2 is 2.06 bits per heavy atom. The first kappa shape index (κ1) is 12.4. The maximum atomic E-state index is 13.8. The Bertz CT molecular complexity index is 472. The molecule has 0 spiro atoms. The van der Waals surface area contributed by atoms with Crippen molar-refractivity contribution < 1.29 is 13.9 Å². The van der Waals surface area contributed by atoms with Gasteiger partial charge in [0.25, 0.3) is 5.91 Å². The molecule has 0 radical (unpaired) electrons. The largest absolute Gasteiger partial charge is 0.472 e. The molecule has 5 heteroatoms. The van der Waals surface area contributed by atoms with Crippen molar-refractivity contribution in [1.29, 1.82) is 0 Å². The standard InChI is InChI=1S/C12H13BrFNO2/c1-3-12(4-2)11(16)15-9-6-7(13)5-8(14)10(9)17-12/h5-6H,3-4H2,1-2H3,(H,15,16). The van der Waals surface area contributed by atoms with E-state index in [2.05, 4.69) is 21.2 Å². The molecule has 17 heavy (non-hydrogen) atoms. The molecule has 1 aliphatic heterocycles. The highest BCUT2D eigenvalue weighted by atomic mass is 79.9. The van der Waals surface area contributed by atoms with E-state index in [1.165, 1.54) is 6.07 Å². The second kappa shape index (κ2) is 4.29. The zero-order valence-electron chi connectivity index (χ0n) is 9.64. The van der Waals surface area contributed by atoms with Gasteiger partial charge in [-0.2, -0.15) is 0 Å². The summed E-state index contributed by atoms with van der Waals surface area (Å²) in [4.78, 5) is 12.0. The quantitative estimate of drug-likeness (QED) is 0.908. The van der Waals surface area contributed by atoms with Gasteiger partial charge >= 0.3 is 0 Å². The molecule has 0 fully saturated rings. The van der Waals surface area contributed by atoms with Gasteiger partial charge in [0.15, 0.2) is 17.2 Å². The number of benzene rings is 1. The molecule has 92 valence electrons. The van der Waals surface area contributed by atoms with E-state index < -0.39 is 11.4 Å². The minimum Gasteiger partial charge on any atom is -0.472 e. The molecule has 0 aliphatic carbocycles. The summed E-state index contributed by atoms with van der Waals surface area (Å²) in [5, 5.41) is 2.70. The van der Waals surface area contributed by atoms with Gasteiger partial charge < -0.3 is 10.1 Å². The van der Waals surface area contributed by atoms with Crippen molar-refractivity contribution in [3.63, 3.8) is 0 Å². The molecular formula is C12H13BrFNO2. The molecule has 2 rings (SSSR count). The van der Waals surface area contributed by atoms with Crippen molar-refractivity contribution >= 4 is 27.5 Å². The van der Waals surface area contributed by atoms with Crippen molar-refractivity contribution in [1.82, 2.24) is 0 Å². The van der Waals surface area contributed by atoms with Gasteiger partial charge in [-0.25, -0.2) is 4.39 Å². The number of ether oxygens (including phenoxy) is 1. The molecule has 1 amide bonds. The molecule has 0 unspecified atom stereocenters. The summed E-state index contributed by atoms with van der Waals surface area (Å²) in [6.45, 7) is 3.70. The maximum absolute atomic E-state index is 13.8. The third-order valence-electron chi connectivity index (χ3n) is 3.11. The number of fused-ring (bicyclic) bond motifs is 1. The Balaban J connectivity index is 2.51. The van der Waals surface area contributed by atoms with Gasteiger partial charge in [-0.15, -0.1) is 0 Å². The van der Waals surface area contributed by atoms with E-state index in [1.807, 2.05) is 13.8 Å². The average molecular weight is 302 g/mol. The molecule has 0 bridgehead atoms. The molecule has 0 saturated heterocycles. The summed E-state index contributed by atoms with van der Waals surface area (Å²) < 4.78 is 19.9. The molecule has 0 atom stereocenters. The normalized spacial score (nSPS) is 17.1. The molecule has 1 aromatic rings. The zero-order valence-corrected chi connectivity index (χ0v) is 11.2. The Morgan fingerprint density at radius 1 is 1.41 bits per heavy atom. The minimum atomic E-state index is -0.957. The molecule has 1 aliphatic rings. The lowest BCUT2D eigenvalue weighted by Crippen LogP contribution is -2.50. The van der Waals surface area contributed by atoms with Crippen LogP contribution in [0, 0.1) is 5.82 Å². The minimum absolute atomic E-state index is 0.122. The summed E-state index contributed by atoms with van der Waals surface area (Å²) in [6, 6.07) is 2.96. The van der Waals surface area contributed by atoms with Gasteiger partial charge in [-0.3, -0.25) is 4.79 Å². The molecule has 3 nitrogen and oxygen atoms in total. The van der Waals surface area contributed by atoms with Crippen LogP contribution in [0.3, 0.4) is 0 Å². The highest BCUT2D eigenvalue weighted by Gasteiger charge is 2.42. The SMILES string of the molecule is CCC1(CC)Oc2c(F)cc(Br)cc2NC1=O. The Labute approximate surface area is 107 Å². The average Bonchev–Trinajstić information content (AvgIpc) is 2.28. The number of carbonyl (C=O) groups is 1. The number of hydrogen-bond acceptors (Lipinski definition) is 2. The van der Waals surface area contributed by atoms with Crippen LogP contribution in [0.4, 0.5) is 10.1 Å². The van der Waals surface area contributed by atoms with Crippen LogP contribution in [0.2, 0.25) is 0 Å². The van der Waals surface area contributed by atoms with Gasteiger partial charge in [0.1, 0.15) is 0 Å². The van der Waals surface area contributed by atoms with Gasteiger partial charge in [-0.1, -0.05) is 29.8 Å². The van der Waals surface area contributed by atoms with E-state index in [-0.39, 0.29) is 11.7 Å². The van der Waals surface area contributed by atoms with E-state index in [1.54, 1.807) is 6.07 Å². The summed E-state index contributed by atoms with van der Waals surface area (Å²) in [5.74, 6) is -0.565. The zero-order chi connectivity index (χ0) is 12.6. The Hall–Kier alpha value is -1.10. The lowest BCUT2D eigenvalue weighted by Gasteiger charge is -2.36. The van der Waals surface area contributed by atoms with Crippen molar-refractivity contribution in [3.8, 4) is 5.75 Å². The molecule has 1 aromatic carbocycles. The summed E-state index contributed by atoms with van der Waals surface area (Å²) >= 11 is 3.18. The number of carbonyl (C=O) groups excluding carboxylic acids is 1. The Morgan fingerprint density at radius 3 is 2.65 bits per heavy atom. The van der Waals surface area contributed by atoms with Gasteiger partial charge in [-0.05, 0) is 25.0 Å². The number of rotatable bonds is 2. The molecular weight excluding hydrogens is 289 g/mol. The summed E-state index contributed by atoms with van der Waals surface area (Å²) in [6.07, 6.45) is 1.01. The van der Waals surface area contributed by atoms with Crippen molar-refractivity contribution in [2.24, 2.45) is 0 Å². The van der Waals surface area contributed by atoms with Crippen LogP contribution in [0.15, 0.2) is 16.6 Å². The number of anilines is 1. The maximum Gasteiger partial charge on any atom is 0.268 e. The first-order valence-corrected chi connectivity index (χ1v) is 6.31. The lowest BCUT2D eigenvalue weighted by atomic mass is 9.94. The first-order valence-electron chi connectivity index (χ1n) is 5.52. The molecule has 0 saturated carbocycles. The monoisotopic (exact) mass is 301 g/mol. The third-order valence-corrected chi connectivity index (χ3v) is 3.57. The first-order chi connectivity index (χ1) is 8.02. The topological polar surface area (TPSA) is 38.3 Å². The number of nitrogens with one attached hydrogen (secondary N) is 1. The second-order valence-corrected chi connectivity index (χ2v) is 4.94. The fourth-order valence-electron chi connectivity index (χ4n) is 1.95. The highest BCUT2D eigenvalue weighted by Crippen LogP contribution is 2.40. The van der Waals surface area contributed by atoms with E-state index in [0.717, 1.165) is 0 Å². The van der Waals surface area contributed by atoms with Crippen LogP contribution in [0.5, 0.6) is 5.75 Å². The van der Waals surface area contributed by atoms with Crippen LogP contribution < -0.4 is 10.1 Å². The molecule has 1 N–H and O–H groups in total. The van der Waals surface area contributed by atoms with Crippen molar-refractivity contribution in [2.45, 2.75) is 32.3 Å². The van der Waals surface area contributed by atoms with E-state index in [4.69, 9.17) is 4.74 Å². The van der Waals surface area contributed by atoms with Gasteiger partial charge in [0.2, 0.25) is 0 Å². The number of halogens is 2. The summed E-state index contributed by atoms with van der Waals surface area (Å²) in [7, 11) is 0. The smallest absolute Gasteiger partial charge is 0.268 e. The fraction of sp³-hybridized carbons (Fsp3) is 0.417. The predicted octanol–water partition coefficient (Wildman–Crippen LogP) is 3.48. The van der Waals surface area contributed by atoms with Gasteiger partial charge in [0.05, 0.1) is 5.69 Å². The third kappa shape index (κ3) is 1.92. The lowest BCUT2D eigenvalue weighted by molar-refractivity contribution is -0.133. The summed E-state index contributed by atoms with van der Waals surface area (Å²) in [5.41, 5.74) is -0.582. The number of hydrogen-bond donors (Lipinski definition) is 1. The van der Waals surface area contributed by atoms with Crippen LogP contribution >= 0.6 is 15.9 Å².